The highest BCUT2D eigenvalue weighted by atomic mass is 35.5. The van der Waals surface area contributed by atoms with Crippen molar-refractivity contribution in [2.24, 2.45) is 0 Å². The number of carbonyl (C=O) groups is 1. The van der Waals surface area contributed by atoms with Gasteiger partial charge in [-0.1, -0.05) is 11.6 Å². The van der Waals surface area contributed by atoms with E-state index in [0.29, 0.717) is 22.4 Å². The predicted octanol–water partition coefficient (Wildman–Crippen LogP) is 3.47. The largest absolute Gasteiger partial charge is 0.489 e. The Bertz CT molecular complexity index is 357. The highest BCUT2D eigenvalue weighted by Crippen LogP contribution is 2.29. The lowest BCUT2D eigenvalue weighted by Gasteiger charge is -2.14. The lowest BCUT2D eigenvalue weighted by atomic mass is 10.2. The van der Waals surface area contributed by atoms with Crippen molar-refractivity contribution in [3.63, 3.8) is 0 Å². The Morgan fingerprint density at radius 2 is 2.07 bits per heavy atom. The molecule has 15 heavy (non-hydrogen) atoms. The van der Waals surface area contributed by atoms with E-state index in [-0.39, 0.29) is 0 Å². The van der Waals surface area contributed by atoms with E-state index in [0.717, 1.165) is 19.1 Å². The first-order valence-corrected chi connectivity index (χ1v) is 5.59. The summed E-state index contributed by atoms with van der Waals surface area (Å²) in [7, 11) is 0. The maximum Gasteiger partial charge on any atom is 0.150 e. The van der Waals surface area contributed by atoms with Crippen molar-refractivity contribution < 1.29 is 9.53 Å². The summed E-state index contributed by atoms with van der Waals surface area (Å²) in [5.41, 5.74) is 0.582. The van der Waals surface area contributed by atoms with E-state index in [1.54, 1.807) is 18.2 Å². The number of rotatable bonds is 3. The molecule has 0 N–H and O–H groups in total. The zero-order valence-corrected chi connectivity index (χ0v) is 9.17. The van der Waals surface area contributed by atoms with Crippen LogP contribution in [0.2, 0.25) is 5.02 Å². The number of halogens is 1. The molecule has 3 heteroatoms. The Kier molecular flexibility index (Phi) is 3.27. The molecule has 1 saturated carbocycles. The minimum atomic E-state index is 0.296. The molecule has 2 nitrogen and oxygen atoms in total. The molecule has 0 radical (unpaired) electrons. The van der Waals surface area contributed by atoms with Crippen molar-refractivity contribution in [3.05, 3.63) is 28.8 Å². The molecule has 0 saturated heterocycles. The van der Waals surface area contributed by atoms with E-state index < -0.39 is 0 Å². The van der Waals surface area contributed by atoms with Crippen LogP contribution < -0.4 is 4.74 Å². The summed E-state index contributed by atoms with van der Waals surface area (Å²) in [6, 6.07) is 5.13. The number of ether oxygens (including phenoxy) is 1. The SMILES string of the molecule is O=Cc1ccc(OC2CCCC2)c(Cl)c1. The lowest BCUT2D eigenvalue weighted by Crippen LogP contribution is -2.11. The molecule has 0 heterocycles. The number of hydrogen-bond donors (Lipinski definition) is 0. The summed E-state index contributed by atoms with van der Waals surface area (Å²) in [6.07, 6.45) is 5.75. The molecule has 80 valence electrons. The molecule has 1 aromatic rings. The van der Waals surface area contributed by atoms with Gasteiger partial charge in [0, 0.05) is 5.56 Å². The van der Waals surface area contributed by atoms with Crippen LogP contribution in [-0.2, 0) is 0 Å². The number of aldehydes is 1. The van der Waals surface area contributed by atoms with Crippen LogP contribution in [0, 0.1) is 0 Å². The highest BCUT2D eigenvalue weighted by molar-refractivity contribution is 6.32. The molecule has 0 bridgehead atoms. The maximum absolute atomic E-state index is 10.5. The van der Waals surface area contributed by atoms with E-state index in [1.807, 2.05) is 0 Å². The van der Waals surface area contributed by atoms with Crippen LogP contribution in [0.4, 0.5) is 0 Å². The molecule has 1 aliphatic carbocycles. The molecule has 0 aromatic heterocycles. The quantitative estimate of drug-likeness (QED) is 0.735. The highest BCUT2D eigenvalue weighted by Gasteiger charge is 2.17. The second-order valence-corrected chi connectivity index (χ2v) is 4.24. The zero-order valence-electron chi connectivity index (χ0n) is 8.41. The van der Waals surface area contributed by atoms with Crippen LogP contribution >= 0.6 is 11.6 Å². The molecule has 2 rings (SSSR count). The molecule has 1 aliphatic rings. The normalized spacial score (nSPS) is 16.6. The fraction of sp³-hybridized carbons (Fsp3) is 0.417. The van der Waals surface area contributed by atoms with Gasteiger partial charge in [0.25, 0.3) is 0 Å². The Morgan fingerprint density at radius 1 is 1.33 bits per heavy atom. The van der Waals surface area contributed by atoms with Crippen molar-refractivity contribution in [2.45, 2.75) is 31.8 Å². The average molecular weight is 225 g/mol. The minimum Gasteiger partial charge on any atom is -0.489 e. The molecule has 0 spiro atoms. The summed E-state index contributed by atoms with van der Waals surface area (Å²) < 4.78 is 5.76. The molecular weight excluding hydrogens is 212 g/mol. The first-order chi connectivity index (χ1) is 7.29. The van der Waals surface area contributed by atoms with Crippen LogP contribution in [-0.4, -0.2) is 12.4 Å². The molecule has 1 aromatic carbocycles. The maximum atomic E-state index is 10.5. The standard InChI is InChI=1S/C12H13ClO2/c13-11-7-9(8-14)5-6-12(11)15-10-3-1-2-4-10/h5-8,10H,1-4H2. The van der Waals surface area contributed by atoms with Crippen molar-refractivity contribution >= 4 is 17.9 Å². The summed E-state index contributed by atoms with van der Waals surface area (Å²) in [4.78, 5) is 10.5. The smallest absolute Gasteiger partial charge is 0.150 e. The minimum absolute atomic E-state index is 0.296. The van der Waals surface area contributed by atoms with E-state index >= 15 is 0 Å². The predicted molar refractivity (Wildman–Crippen MR) is 59.7 cm³/mol. The first kappa shape index (κ1) is 10.5. The fourth-order valence-electron chi connectivity index (χ4n) is 1.87. The van der Waals surface area contributed by atoms with Gasteiger partial charge in [0.2, 0.25) is 0 Å². The summed E-state index contributed by atoms with van der Waals surface area (Å²) in [6.45, 7) is 0. The summed E-state index contributed by atoms with van der Waals surface area (Å²) in [5.74, 6) is 0.689. The summed E-state index contributed by atoms with van der Waals surface area (Å²) in [5, 5.41) is 0.520. The molecule has 1 fully saturated rings. The van der Waals surface area contributed by atoms with E-state index in [4.69, 9.17) is 16.3 Å². The van der Waals surface area contributed by atoms with E-state index in [2.05, 4.69) is 0 Å². The van der Waals surface area contributed by atoms with Crippen molar-refractivity contribution in [1.82, 2.24) is 0 Å². The van der Waals surface area contributed by atoms with Gasteiger partial charge in [0.15, 0.2) is 0 Å². The third-order valence-corrected chi connectivity index (χ3v) is 2.98. The molecular formula is C12H13ClO2. The van der Waals surface area contributed by atoms with Gasteiger partial charge in [-0.05, 0) is 43.9 Å². The van der Waals surface area contributed by atoms with Gasteiger partial charge < -0.3 is 4.74 Å². The van der Waals surface area contributed by atoms with Gasteiger partial charge in [0.05, 0.1) is 11.1 Å². The summed E-state index contributed by atoms with van der Waals surface area (Å²) >= 11 is 6.00. The molecule has 0 atom stereocenters. The third kappa shape index (κ3) is 2.51. The van der Waals surface area contributed by atoms with Crippen LogP contribution in [0.3, 0.4) is 0 Å². The second kappa shape index (κ2) is 4.67. The van der Waals surface area contributed by atoms with Crippen LogP contribution in [0.1, 0.15) is 36.0 Å². The van der Waals surface area contributed by atoms with Crippen LogP contribution in [0.5, 0.6) is 5.75 Å². The zero-order chi connectivity index (χ0) is 10.7. The van der Waals surface area contributed by atoms with Gasteiger partial charge in [0.1, 0.15) is 12.0 Å². The van der Waals surface area contributed by atoms with Crippen molar-refractivity contribution in [1.29, 1.82) is 0 Å². The first-order valence-electron chi connectivity index (χ1n) is 5.21. The molecule has 0 aliphatic heterocycles. The van der Waals surface area contributed by atoms with Crippen LogP contribution in [0.15, 0.2) is 18.2 Å². The van der Waals surface area contributed by atoms with Gasteiger partial charge >= 0.3 is 0 Å². The molecule has 0 unspecified atom stereocenters. The topological polar surface area (TPSA) is 26.3 Å². The second-order valence-electron chi connectivity index (χ2n) is 3.83. The molecule has 0 amide bonds. The van der Waals surface area contributed by atoms with Crippen molar-refractivity contribution in [2.75, 3.05) is 0 Å². The third-order valence-electron chi connectivity index (χ3n) is 2.69. The fourth-order valence-corrected chi connectivity index (χ4v) is 2.11. The van der Waals surface area contributed by atoms with Crippen molar-refractivity contribution in [3.8, 4) is 5.75 Å². The Hall–Kier alpha value is -1.02. The lowest BCUT2D eigenvalue weighted by molar-refractivity contribution is 0.112. The van der Waals surface area contributed by atoms with Gasteiger partial charge in [-0.3, -0.25) is 4.79 Å². The van der Waals surface area contributed by atoms with Crippen LogP contribution in [0.25, 0.3) is 0 Å². The number of carbonyl (C=O) groups excluding carboxylic acids is 1. The van der Waals surface area contributed by atoms with Gasteiger partial charge in [-0.15, -0.1) is 0 Å². The van der Waals surface area contributed by atoms with Gasteiger partial charge in [-0.2, -0.15) is 0 Å². The monoisotopic (exact) mass is 224 g/mol. The van der Waals surface area contributed by atoms with E-state index in [1.165, 1.54) is 12.8 Å². The Labute approximate surface area is 94.2 Å². The van der Waals surface area contributed by atoms with Gasteiger partial charge in [-0.25, -0.2) is 0 Å². The average Bonchev–Trinajstić information content (AvgIpc) is 2.74. The Balaban J connectivity index is 2.10. The number of benzene rings is 1. The number of hydrogen-bond acceptors (Lipinski definition) is 2. The van der Waals surface area contributed by atoms with E-state index in [9.17, 15) is 4.79 Å². The Morgan fingerprint density at radius 3 is 2.67 bits per heavy atom.